The minimum absolute atomic E-state index is 0.0989. The van der Waals surface area contributed by atoms with Crippen molar-refractivity contribution in [3.8, 4) is 0 Å². The average molecular weight is 1210 g/mol. The van der Waals surface area contributed by atoms with Crippen LogP contribution in [0, 0.1) is 5.92 Å². The summed E-state index contributed by atoms with van der Waals surface area (Å²) < 4.78 is 67.5. The topological polar surface area (TPSA) is 237 Å². The van der Waals surface area contributed by atoms with E-state index in [-0.39, 0.29) is 25.7 Å². The van der Waals surface area contributed by atoms with Gasteiger partial charge in [-0.1, -0.05) is 266 Å². The van der Waals surface area contributed by atoms with Gasteiger partial charge in [-0.05, 0) is 31.6 Å². The first-order chi connectivity index (χ1) is 39.5. The number of ether oxygens (including phenoxy) is 4. The van der Waals surface area contributed by atoms with E-state index < -0.39 is 97.5 Å². The minimum atomic E-state index is -4.94. The normalized spacial score (nSPS) is 14.3. The van der Waals surface area contributed by atoms with E-state index >= 15 is 0 Å². The Hall–Kier alpha value is -1.94. The lowest BCUT2D eigenvalue weighted by molar-refractivity contribution is -0.161. The zero-order valence-electron chi connectivity index (χ0n) is 52.6. The molecule has 82 heavy (non-hydrogen) atoms. The molecule has 0 aromatic carbocycles. The minimum Gasteiger partial charge on any atom is -0.462 e. The second-order valence-corrected chi connectivity index (χ2v) is 26.2. The molecule has 0 amide bonds. The average Bonchev–Trinajstić information content (AvgIpc) is 3.45. The Morgan fingerprint density at radius 1 is 0.329 bits per heavy atom. The highest BCUT2D eigenvalue weighted by atomic mass is 31.2. The predicted octanol–water partition coefficient (Wildman–Crippen LogP) is 17.4. The molecule has 0 bridgehead atoms. The van der Waals surface area contributed by atoms with Crippen LogP contribution in [0.3, 0.4) is 0 Å². The summed E-state index contributed by atoms with van der Waals surface area (Å²) in [4.78, 5) is 71.7. The first kappa shape index (κ1) is 80.1. The van der Waals surface area contributed by atoms with Gasteiger partial charge in [-0.25, -0.2) is 9.13 Å². The third kappa shape index (κ3) is 57.2. The molecule has 0 saturated heterocycles. The third-order valence-corrected chi connectivity index (χ3v) is 16.4. The summed E-state index contributed by atoms with van der Waals surface area (Å²) in [6, 6.07) is 0. The van der Waals surface area contributed by atoms with Gasteiger partial charge in [0, 0.05) is 25.7 Å². The zero-order chi connectivity index (χ0) is 60.6. The fourth-order valence-corrected chi connectivity index (χ4v) is 11.0. The van der Waals surface area contributed by atoms with Crippen LogP contribution in [-0.4, -0.2) is 96.7 Å². The van der Waals surface area contributed by atoms with Crippen LogP contribution in [0.25, 0.3) is 0 Å². The van der Waals surface area contributed by atoms with Crippen LogP contribution in [0.1, 0.15) is 317 Å². The van der Waals surface area contributed by atoms with E-state index in [1.54, 1.807) is 0 Å². The molecule has 19 heteroatoms. The number of phosphoric acid groups is 2. The highest BCUT2D eigenvalue weighted by Gasteiger charge is 2.30. The molecule has 0 radical (unpaired) electrons. The van der Waals surface area contributed by atoms with Gasteiger partial charge in [0.15, 0.2) is 12.2 Å². The zero-order valence-corrected chi connectivity index (χ0v) is 54.4. The van der Waals surface area contributed by atoms with Crippen molar-refractivity contribution in [2.24, 2.45) is 5.92 Å². The van der Waals surface area contributed by atoms with Crippen LogP contribution in [0.2, 0.25) is 0 Å². The summed E-state index contributed by atoms with van der Waals surface area (Å²) in [7, 11) is -9.86. The van der Waals surface area contributed by atoms with E-state index in [0.29, 0.717) is 25.7 Å². The van der Waals surface area contributed by atoms with E-state index in [9.17, 15) is 43.2 Å². The largest absolute Gasteiger partial charge is 0.472 e. The van der Waals surface area contributed by atoms with Crippen molar-refractivity contribution < 1.29 is 80.2 Å². The lowest BCUT2D eigenvalue weighted by Gasteiger charge is -2.21. The highest BCUT2D eigenvalue weighted by molar-refractivity contribution is 7.47. The number of esters is 4. The number of phosphoric ester groups is 2. The number of hydrogen-bond acceptors (Lipinski definition) is 15. The van der Waals surface area contributed by atoms with E-state index in [0.717, 1.165) is 102 Å². The number of hydrogen-bond donors (Lipinski definition) is 3. The van der Waals surface area contributed by atoms with Gasteiger partial charge in [0.05, 0.1) is 26.4 Å². The molecule has 0 aromatic rings. The smallest absolute Gasteiger partial charge is 0.462 e. The van der Waals surface area contributed by atoms with E-state index in [1.807, 2.05) is 0 Å². The first-order valence-electron chi connectivity index (χ1n) is 33.1. The first-order valence-corrected chi connectivity index (χ1v) is 36.1. The highest BCUT2D eigenvalue weighted by Crippen LogP contribution is 2.45. The van der Waals surface area contributed by atoms with Crippen molar-refractivity contribution in [1.82, 2.24) is 0 Å². The Balaban J connectivity index is 5.10. The monoisotopic (exact) mass is 1210 g/mol. The number of aliphatic hydroxyl groups is 1. The quantitative estimate of drug-likeness (QED) is 0.0222. The van der Waals surface area contributed by atoms with Gasteiger partial charge in [0.25, 0.3) is 0 Å². The summed E-state index contributed by atoms with van der Waals surface area (Å²) in [5.41, 5.74) is 0. The molecule has 0 aliphatic rings. The van der Waals surface area contributed by atoms with Crippen molar-refractivity contribution in [3.63, 3.8) is 0 Å². The molecular formula is C63H122O17P2. The fraction of sp³-hybridized carbons (Fsp3) is 0.937. The SMILES string of the molecule is CCCCCCCCCCCCCCCCCCC(=O)OC[C@H](COP(=O)(O)OC[C@@H](O)COP(=O)(O)OC[C@@H](COC(=O)CCCCCCC)OC(=O)CCCCCCC)OC(=O)CCCCCCCCCCCCCCCC(C)C. The number of aliphatic hydroxyl groups excluding tert-OH is 1. The van der Waals surface area contributed by atoms with Crippen LogP contribution in [0.15, 0.2) is 0 Å². The molecule has 0 aromatic heterocycles. The molecule has 0 rings (SSSR count). The molecule has 2 unspecified atom stereocenters. The van der Waals surface area contributed by atoms with Crippen molar-refractivity contribution in [2.45, 2.75) is 335 Å². The number of unbranched alkanes of at least 4 members (excludes halogenated alkanes) is 35. The third-order valence-electron chi connectivity index (χ3n) is 14.5. The van der Waals surface area contributed by atoms with Gasteiger partial charge < -0.3 is 33.8 Å². The standard InChI is InChI=1S/C63H122O17P2/c1-6-9-12-15-16-17-18-19-20-21-24-27-30-33-38-42-47-61(66)74-53-59(80-63(68)49-44-39-34-31-28-25-22-23-26-29-32-37-40-45-56(4)5)55-78-82(71,72)76-51-57(64)50-75-81(69,70)77-54-58(79-62(67)48-43-36-14-11-8-3)52-73-60(65)46-41-35-13-10-7-2/h56-59,64H,6-55H2,1-5H3,(H,69,70)(H,71,72)/t57-,58+,59+/m0/s1. The second kappa shape index (κ2) is 56.8. The Morgan fingerprint density at radius 2 is 0.561 bits per heavy atom. The fourth-order valence-electron chi connectivity index (χ4n) is 9.41. The maximum absolute atomic E-state index is 13.0. The summed E-state index contributed by atoms with van der Waals surface area (Å²) in [6.07, 6.45) is 41.1. The summed E-state index contributed by atoms with van der Waals surface area (Å²) in [6.45, 7) is 7.03. The molecular weight excluding hydrogens is 1090 g/mol. The number of carbonyl (C=O) groups excluding carboxylic acids is 4. The van der Waals surface area contributed by atoms with Crippen LogP contribution >= 0.6 is 15.6 Å². The van der Waals surface area contributed by atoms with Gasteiger partial charge in [0.1, 0.15) is 19.3 Å². The predicted molar refractivity (Wildman–Crippen MR) is 326 cm³/mol. The van der Waals surface area contributed by atoms with Crippen LogP contribution in [0.4, 0.5) is 0 Å². The molecule has 0 saturated carbocycles. The van der Waals surface area contributed by atoms with Gasteiger partial charge in [-0.3, -0.25) is 37.3 Å². The van der Waals surface area contributed by atoms with Gasteiger partial charge >= 0.3 is 39.5 Å². The number of rotatable bonds is 63. The van der Waals surface area contributed by atoms with Gasteiger partial charge in [-0.15, -0.1) is 0 Å². The molecule has 0 heterocycles. The lowest BCUT2D eigenvalue weighted by atomic mass is 10.0. The van der Waals surface area contributed by atoms with Crippen LogP contribution in [0.5, 0.6) is 0 Å². The summed E-state index contributed by atoms with van der Waals surface area (Å²) >= 11 is 0. The molecule has 0 aliphatic carbocycles. The molecule has 0 fully saturated rings. The summed E-state index contributed by atoms with van der Waals surface area (Å²) in [5, 5.41) is 10.5. The Morgan fingerprint density at radius 3 is 0.829 bits per heavy atom. The Labute approximate surface area is 498 Å². The molecule has 17 nitrogen and oxygen atoms in total. The van der Waals surface area contributed by atoms with Crippen molar-refractivity contribution in [1.29, 1.82) is 0 Å². The molecule has 0 spiro atoms. The Bertz CT molecular complexity index is 1600. The second-order valence-electron chi connectivity index (χ2n) is 23.3. The van der Waals surface area contributed by atoms with E-state index in [4.69, 9.17) is 37.0 Å². The van der Waals surface area contributed by atoms with Crippen LogP contribution < -0.4 is 0 Å². The van der Waals surface area contributed by atoms with Crippen molar-refractivity contribution in [2.75, 3.05) is 39.6 Å². The Kier molecular flexibility index (Phi) is 55.5. The molecule has 486 valence electrons. The summed E-state index contributed by atoms with van der Waals surface area (Å²) in [5.74, 6) is -1.37. The molecule has 0 aliphatic heterocycles. The van der Waals surface area contributed by atoms with Gasteiger partial charge in [-0.2, -0.15) is 0 Å². The van der Waals surface area contributed by atoms with E-state index in [1.165, 1.54) is 135 Å². The van der Waals surface area contributed by atoms with Gasteiger partial charge in [0.2, 0.25) is 0 Å². The maximum Gasteiger partial charge on any atom is 0.472 e. The molecule has 3 N–H and O–H groups in total. The lowest BCUT2D eigenvalue weighted by Crippen LogP contribution is -2.30. The molecule has 5 atom stereocenters. The maximum atomic E-state index is 13.0. The van der Waals surface area contributed by atoms with E-state index in [2.05, 4.69) is 34.6 Å². The van der Waals surface area contributed by atoms with Crippen LogP contribution in [-0.2, 0) is 65.4 Å². The van der Waals surface area contributed by atoms with Crippen molar-refractivity contribution in [3.05, 3.63) is 0 Å². The number of carbonyl (C=O) groups is 4. The van der Waals surface area contributed by atoms with Crippen molar-refractivity contribution >= 4 is 39.5 Å².